The van der Waals surface area contributed by atoms with E-state index in [0.29, 0.717) is 12.4 Å². The number of likely N-dealkylation sites (N-methyl/N-ethyl adjacent to an activating group) is 1. The van der Waals surface area contributed by atoms with Crippen molar-refractivity contribution >= 4 is 17.5 Å². The molecule has 6 heteroatoms. The molecule has 0 aliphatic heterocycles. The van der Waals surface area contributed by atoms with Crippen LogP contribution in [0, 0.1) is 0 Å². The molecule has 0 aromatic carbocycles. The maximum Gasteiger partial charge on any atom is 0.274 e. The van der Waals surface area contributed by atoms with Crippen LogP contribution in [-0.2, 0) is 0 Å². The second-order valence-corrected chi connectivity index (χ2v) is 6.12. The Morgan fingerprint density at radius 1 is 1.50 bits per heavy atom. The van der Waals surface area contributed by atoms with Crippen LogP contribution >= 0.6 is 11.6 Å². The van der Waals surface area contributed by atoms with Crippen LogP contribution in [0.3, 0.4) is 0 Å². The first-order chi connectivity index (χ1) is 9.15. The molecule has 1 aromatic heterocycles. The highest BCUT2D eigenvalue weighted by atomic mass is 35.5. The van der Waals surface area contributed by atoms with Crippen molar-refractivity contribution in [2.24, 2.45) is 0 Å². The molecule has 112 valence electrons. The van der Waals surface area contributed by atoms with Gasteiger partial charge in [0.1, 0.15) is 5.82 Å². The Kier molecular flexibility index (Phi) is 5.48. The predicted molar refractivity (Wildman–Crippen MR) is 79.0 cm³/mol. The molecule has 0 saturated carbocycles. The number of amides is 1. The number of nitrogens with zero attached hydrogens (tertiary/aromatic N) is 3. The van der Waals surface area contributed by atoms with E-state index >= 15 is 0 Å². The summed E-state index contributed by atoms with van der Waals surface area (Å²) in [6, 6.07) is 0. The van der Waals surface area contributed by atoms with Crippen molar-refractivity contribution in [3.05, 3.63) is 22.7 Å². The largest absolute Gasteiger partial charge is 0.389 e. The molecule has 5 nitrogen and oxygen atoms in total. The van der Waals surface area contributed by atoms with Crippen molar-refractivity contribution in [3.8, 4) is 0 Å². The zero-order valence-electron chi connectivity index (χ0n) is 12.6. The molecule has 20 heavy (non-hydrogen) atoms. The van der Waals surface area contributed by atoms with Gasteiger partial charge in [0.25, 0.3) is 5.91 Å². The summed E-state index contributed by atoms with van der Waals surface area (Å²) in [6.45, 7) is 9.76. The molecular formula is C14H22ClN3O2. The summed E-state index contributed by atoms with van der Waals surface area (Å²) >= 11 is 6.03. The Hall–Kier alpha value is -1.20. The Morgan fingerprint density at radius 3 is 2.55 bits per heavy atom. The van der Waals surface area contributed by atoms with Crippen LogP contribution in [0.15, 0.2) is 6.20 Å². The average molecular weight is 300 g/mol. The first-order valence-electron chi connectivity index (χ1n) is 6.69. The van der Waals surface area contributed by atoms with E-state index in [1.54, 1.807) is 13.8 Å². The highest BCUT2D eigenvalue weighted by molar-refractivity contribution is 6.33. The number of hydrogen-bond acceptors (Lipinski definition) is 4. The van der Waals surface area contributed by atoms with Crippen LogP contribution in [-0.4, -0.2) is 44.6 Å². The third-order valence-electron chi connectivity index (χ3n) is 2.73. The third-order valence-corrected chi connectivity index (χ3v) is 3.01. The fourth-order valence-corrected chi connectivity index (χ4v) is 1.92. The lowest BCUT2D eigenvalue weighted by atomic mass is 10.1. The molecule has 1 heterocycles. The number of aromatic nitrogens is 2. The number of halogens is 1. The van der Waals surface area contributed by atoms with Crippen molar-refractivity contribution in [2.75, 3.05) is 13.1 Å². The van der Waals surface area contributed by atoms with Gasteiger partial charge in [0.2, 0.25) is 0 Å². The zero-order chi connectivity index (χ0) is 15.5. The summed E-state index contributed by atoms with van der Waals surface area (Å²) in [5, 5.41) is 10.1. The van der Waals surface area contributed by atoms with Crippen molar-refractivity contribution in [2.45, 2.75) is 46.1 Å². The predicted octanol–water partition coefficient (Wildman–Crippen LogP) is 2.49. The van der Waals surface area contributed by atoms with Crippen LogP contribution in [0.25, 0.3) is 0 Å². The lowest BCUT2D eigenvalue weighted by molar-refractivity contribution is 0.0311. The Labute approximate surface area is 125 Å². The smallest absolute Gasteiger partial charge is 0.274 e. The maximum absolute atomic E-state index is 12.5. The normalized spacial score (nSPS) is 11.8. The molecule has 0 spiro atoms. The fraction of sp³-hybridized carbons (Fsp3) is 0.643. The van der Waals surface area contributed by atoms with Gasteiger partial charge in [-0.05, 0) is 20.8 Å². The third kappa shape index (κ3) is 4.42. The monoisotopic (exact) mass is 299 g/mol. The molecule has 0 aliphatic rings. The molecule has 0 saturated heterocycles. The van der Waals surface area contributed by atoms with Crippen LogP contribution in [0.1, 0.15) is 56.8 Å². The molecule has 0 aliphatic carbocycles. The molecular weight excluding hydrogens is 278 g/mol. The van der Waals surface area contributed by atoms with Gasteiger partial charge in [0.15, 0.2) is 5.69 Å². The highest BCUT2D eigenvalue weighted by Crippen LogP contribution is 2.19. The number of rotatable bonds is 5. The zero-order valence-corrected chi connectivity index (χ0v) is 13.4. The Morgan fingerprint density at radius 2 is 2.10 bits per heavy atom. The second kappa shape index (κ2) is 6.50. The summed E-state index contributed by atoms with van der Waals surface area (Å²) in [6.07, 6.45) is 1.45. The first-order valence-corrected chi connectivity index (χ1v) is 7.07. The van der Waals surface area contributed by atoms with Gasteiger partial charge in [-0.3, -0.25) is 4.79 Å². The average Bonchev–Trinajstić information content (AvgIpc) is 2.34. The maximum atomic E-state index is 12.5. The standard InChI is InChI=1S/C14H22ClN3O2/c1-6-18(8-14(4,5)20)13(19)11-10(15)7-16-12(17-11)9(2)3/h7,9,20H,6,8H2,1-5H3. The van der Waals surface area contributed by atoms with Crippen molar-refractivity contribution in [3.63, 3.8) is 0 Å². The van der Waals surface area contributed by atoms with Crippen molar-refractivity contribution < 1.29 is 9.90 Å². The quantitative estimate of drug-likeness (QED) is 0.907. The topological polar surface area (TPSA) is 66.3 Å². The van der Waals surface area contributed by atoms with Gasteiger partial charge in [0.05, 0.1) is 16.8 Å². The van der Waals surface area contributed by atoms with Gasteiger partial charge in [-0.2, -0.15) is 0 Å². The number of carbonyl (C=O) groups is 1. The molecule has 1 aromatic rings. The molecule has 0 bridgehead atoms. The summed E-state index contributed by atoms with van der Waals surface area (Å²) in [7, 11) is 0. The highest BCUT2D eigenvalue weighted by Gasteiger charge is 2.25. The van der Waals surface area contributed by atoms with Crippen LogP contribution in [0.4, 0.5) is 0 Å². The summed E-state index contributed by atoms with van der Waals surface area (Å²) in [4.78, 5) is 22.4. The minimum atomic E-state index is -0.966. The van der Waals surface area contributed by atoms with Gasteiger partial charge in [-0.1, -0.05) is 25.4 Å². The van der Waals surface area contributed by atoms with E-state index in [-0.39, 0.29) is 29.1 Å². The summed E-state index contributed by atoms with van der Waals surface area (Å²) < 4.78 is 0. The lowest BCUT2D eigenvalue weighted by Crippen LogP contribution is -2.42. The Balaban J connectivity index is 3.09. The van der Waals surface area contributed by atoms with Crippen LogP contribution in [0.2, 0.25) is 5.02 Å². The summed E-state index contributed by atoms with van der Waals surface area (Å²) in [5.74, 6) is 0.407. The molecule has 0 unspecified atom stereocenters. The SMILES string of the molecule is CCN(CC(C)(C)O)C(=O)c1nc(C(C)C)ncc1Cl. The van der Waals surface area contributed by atoms with E-state index in [4.69, 9.17) is 11.6 Å². The van der Waals surface area contributed by atoms with E-state index < -0.39 is 5.60 Å². The fourth-order valence-electron chi connectivity index (χ4n) is 1.75. The van der Waals surface area contributed by atoms with E-state index in [0.717, 1.165) is 0 Å². The number of hydrogen-bond donors (Lipinski definition) is 1. The van der Waals surface area contributed by atoms with Gasteiger partial charge in [-0.25, -0.2) is 9.97 Å². The van der Waals surface area contributed by atoms with E-state index in [2.05, 4.69) is 9.97 Å². The first kappa shape index (κ1) is 16.9. The van der Waals surface area contributed by atoms with E-state index in [9.17, 15) is 9.90 Å². The molecule has 1 rings (SSSR count). The molecule has 1 amide bonds. The number of carbonyl (C=O) groups excluding carboxylic acids is 1. The van der Waals surface area contributed by atoms with Crippen LogP contribution in [0.5, 0.6) is 0 Å². The molecule has 0 fully saturated rings. The minimum absolute atomic E-state index is 0.114. The van der Waals surface area contributed by atoms with Gasteiger partial charge in [-0.15, -0.1) is 0 Å². The van der Waals surface area contributed by atoms with E-state index in [1.165, 1.54) is 11.1 Å². The van der Waals surface area contributed by atoms with Gasteiger partial charge in [0, 0.05) is 19.0 Å². The summed E-state index contributed by atoms with van der Waals surface area (Å²) in [5.41, 5.74) is -0.775. The molecule has 1 N–H and O–H groups in total. The molecule has 0 atom stereocenters. The second-order valence-electron chi connectivity index (χ2n) is 5.71. The number of aliphatic hydroxyl groups is 1. The van der Waals surface area contributed by atoms with Crippen LogP contribution < -0.4 is 0 Å². The van der Waals surface area contributed by atoms with Crippen molar-refractivity contribution in [1.29, 1.82) is 0 Å². The van der Waals surface area contributed by atoms with Gasteiger partial charge < -0.3 is 10.0 Å². The van der Waals surface area contributed by atoms with Gasteiger partial charge >= 0.3 is 0 Å². The lowest BCUT2D eigenvalue weighted by Gasteiger charge is -2.28. The Bertz CT molecular complexity index is 484. The van der Waals surface area contributed by atoms with E-state index in [1.807, 2.05) is 20.8 Å². The minimum Gasteiger partial charge on any atom is -0.389 e. The molecule has 0 radical (unpaired) electrons. The van der Waals surface area contributed by atoms with Crippen molar-refractivity contribution in [1.82, 2.24) is 14.9 Å².